The SMILES string of the molecule is COC(=O)CCCCCCN1C(=O)CCCC1C=CC(O)Cc1ccccc1.COC(=O)CCCCCCN1C(=O)CCCC1CCC(O)Cc1ccccc1.O=C(O)CCCCCCN1C(=O)CCCC1C=CC(=O)Cc1ccccc1.O=C(O)CCCCCCN1C(=O)CCCC1C=CC(O)Cc1ccccc1. The number of ketones is 1. The van der Waals surface area contributed by atoms with E-state index in [2.05, 4.69) is 9.47 Å². The summed E-state index contributed by atoms with van der Waals surface area (Å²) in [5.74, 6) is -0.988. The number of allylic oxidation sites excluding steroid dienone is 1. The molecule has 4 aromatic carbocycles. The van der Waals surface area contributed by atoms with E-state index in [-0.39, 0.29) is 84.5 Å². The molecular weight excluding hydrogens is 1390 g/mol. The van der Waals surface area contributed by atoms with Crippen molar-refractivity contribution in [1.29, 1.82) is 0 Å². The number of likely N-dealkylation sites (tertiary alicyclic amines) is 4. The molecule has 4 aromatic rings. The van der Waals surface area contributed by atoms with Crippen molar-refractivity contribution in [3.63, 3.8) is 0 Å². The Morgan fingerprint density at radius 1 is 0.400 bits per heavy atom. The summed E-state index contributed by atoms with van der Waals surface area (Å²) in [4.78, 5) is 113. The number of rotatable bonds is 45. The first-order valence-corrected chi connectivity index (χ1v) is 40.8. The molecule has 604 valence electrons. The molecule has 20 heteroatoms. The molecule has 7 unspecified atom stereocenters. The molecule has 0 radical (unpaired) electrons. The van der Waals surface area contributed by atoms with Crippen LogP contribution in [-0.4, -0.2) is 181 Å². The van der Waals surface area contributed by atoms with Gasteiger partial charge in [-0.3, -0.25) is 43.2 Å². The van der Waals surface area contributed by atoms with Crippen molar-refractivity contribution in [2.75, 3.05) is 40.4 Å². The lowest BCUT2D eigenvalue weighted by Gasteiger charge is -2.36. The molecule has 20 nitrogen and oxygen atoms in total. The molecule has 0 spiro atoms. The fraction of sp³-hybridized carbons (Fsp3) is 0.567. The lowest BCUT2D eigenvalue weighted by molar-refractivity contribution is -0.141. The summed E-state index contributed by atoms with van der Waals surface area (Å²) in [7, 11) is 2.83. The number of carboxylic acids is 2. The van der Waals surface area contributed by atoms with Crippen LogP contribution in [0.1, 0.15) is 241 Å². The number of carboxylic acid groups (broad SMARTS) is 2. The molecule has 5 N–H and O–H groups in total. The third-order valence-corrected chi connectivity index (χ3v) is 20.7. The largest absolute Gasteiger partial charge is 0.481 e. The van der Waals surface area contributed by atoms with E-state index in [1.165, 1.54) is 14.2 Å². The van der Waals surface area contributed by atoms with E-state index in [4.69, 9.17) is 10.2 Å². The highest BCUT2D eigenvalue weighted by atomic mass is 16.5. The highest BCUT2D eigenvalue weighted by Gasteiger charge is 2.30. The molecule has 4 saturated heterocycles. The van der Waals surface area contributed by atoms with Gasteiger partial charge in [-0.05, 0) is 150 Å². The fourth-order valence-electron chi connectivity index (χ4n) is 14.6. The van der Waals surface area contributed by atoms with E-state index in [9.17, 15) is 58.5 Å². The molecule has 7 atom stereocenters. The van der Waals surface area contributed by atoms with Gasteiger partial charge in [-0.2, -0.15) is 0 Å². The Balaban J connectivity index is 0.000000263. The summed E-state index contributed by atoms with van der Waals surface area (Å²) in [6, 6.07) is 39.9. The third kappa shape index (κ3) is 39.9. The van der Waals surface area contributed by atoms with Crippen LogP contribution in [0.2, 0.25) is 0 Å². The summed E-state index contributed by atoms with van der Waals surface area (Å²) in [6.07, 6.45) is 38.9. The number of hydrogen-bond donors (Lipinski definition) is 5. The van der Waals surface area contributed by atoms with Crippen LogP contribution in [0.25, 0.3) is 0 Å². The third-order valence-electron chi connectivity index (χ3n) is 20.7. The first-order valence-electron chi connectivity index (χ1n) is 40.8. The maximum Gasteiger partial charge on any atom is 0.305 e. The van der Waals surface area contributed by atoms with E-state index in [0.717, 1.165) is 189 Å². The van der Waals surface area contributed by atoms with Crippen LogP contribution in [0.4, 0.5) is 0 Å². The number of unbranched alkanes of at least 4 members (excludes halogenated alkanes) is 12. The van der Waals surface area contributed by atoms with Crippen molar-refractivity contribution in [2.24, 2.45) is 0 Å². The fourth-order valence-corrected chi connectivity index (χ4v) is 14.6. The maximum atomic E-state index is 12.4. The second-order valence-electron chi connectivity index (χ2n) is 29.6. The van der Waals surface area contributed by atoms with Crippen LogP contribution in [0.15, 0.2) is 158 Å². The van der Waals surface area contributed by atoms with Crippen LogP contribution >= 0.6 is 0 Å². The minimum Gasteiger partial charge on any atom is -0.481 e. The number of piperidine rings is 4. The summed E-state index contributed by atoms with van der Waals surface area (Å²) in [5, 5.41) is 48.3. The second-order valence-corrected chi connectivity index (χ2v) is 29.6. The molecule has 4 aliphatic heterocycles. The van der Waals surface area contributed by atoms with Crippen molar-refractivity contribution in [1.82, 2.24) is 19.6 Å². The number of aliphatic hydroxyl groups is 3. The molecule has 8 rings (SSSR count). The molecule has 0 aromatic heterocycles. The summed E-state index contributed by atoms with van der Waals surface area (Å²) in [6.45, 7) is 2.90. The summed E-state index contributed by atoms with van der Waals surface area (Å²) < 4.78 is 9.30. The van der Waals surface area contributed by atoms with Crippen LogP contribution in [0.5, 0.6) is 0 Å². The van der Waals surface area contributed by atoms with E-state index in [1.807, 2.05) is 171 Å². The number of aliphatic hydroxyl groups excluding tert-OH is 3. The lowest BCUT2D eigenvalue weighted by atomic mass is 9.94. The van der Waals surface area contributed by atoms with Gasteiger partial charge >= 0.3 is 23.9 Å². The number of ether oxygens (including phenoxy) is 2. The van der Waals surface area contributed by atoms with Crippen LogP contribution in [-0.2, 0) is 78.3 Å². The van der Waals surface area contributed by atoms with Crippen molar-refractivity contribution in [2.45, 2.75) is 286 Å². The predicted octanol–water partition coefficient (Wildman–Crippen LogP) is 14.9. The minimum atomic E-state index is -0.758. The van der Waals surface area contributed by atoms with Gasteiger partial charge in [0.25, 0.3) is 0 Å². The van der Waals surface area contributed by atoms with Gasteiger partial charge in [-0.1, -0.05) is 203 Å². The van der Waals surface area contributed by atoms with Crippen molar-refractivity contribution < 1.29 is 78.2 Å². The summed E-state index contributed by atoms with van der Waals surface area (Å²) in [5.41, 5.74) is 4.33. The normalized spacial score (nSPS) is 18.2. The molecule has 4 heterocycles. The molecule has 0 saturated carbocycles. The van der Waals surface area contributed by atoms with E-state index >= 15 is 0 Å². The van der Waals surface area contributed by atoms with Gasteiger partial charge in [0.05, 0.1) is 50.7 Å². The highest BCUT2D eigenvalue weighted by molar-refractivity contribution is 5.91. The van der Waals surface area contributed by atoms with E-state index in [1.54, 1.807) is 6.08 Å². The Bertz CT molecular complexity index is 3370. The molecule has 110 heavy (non-hydrogen) atoms. The average molecular weight is 1520 g/mol. The van der Waals surface area contributed by atoms with Crippen LogP contribution < -0.4 is 0 Å². The van der Waals surface area contributed by atoms with Crippen molar-refractivity contribution in [3.05, 3.63) is 180 Å². The smallest absolute Gasteiger partial charge is 0.305 e. The Hall–Kier alpha value is -8.59. The number of methoxy groups -OCH3 is 2. The predicted molar refractivity (Wildman–Crippen MR) is 429 cm³/mol. The van der Waals surface area contributed by atoms with Crippen LogP contribution in [0.3, 0.4) is 0 Å². The monoisotopic (exact) mass is 1520 g/mol. The number of benzene rings is 4. The van der Waals surface area contributed by atoms with E-state index in [0.29, 0.717) is 90.1 Å². The number of carbonyl (C=O) groups is 9. The molecule has 0 bridgehead atoms. The van der Waals surface area contributed by atoms with Gasteiger partial charge in [-0.25, -0.2) is 0 Å². The number of carbonyl (C=O) groups excluding carboxylic acids is 7. The van der Waals surface area contributed by atoms with Gasteiger partial charge in [-0.15, -0.1) is 0 Å². The van der Waals surface area contributed by atoms with E-state index < -0.39 is 24.1 Å². The number of nitrogens with zero attached hydrogens (tertiary/aromatic N) is 4. The second kappa shape index (κ2) is 55.8. The molecule has 4 aliphatic rings. The molecule has 4 fully saturated rings. The zero-order chi connectivity index (χ0) is 79.4. The highest BCUT2D eigenvalue weighted by Crippen LogP contribution is 2.27. The molecule has 4 amide bonds. The number of hydrogen-bond acceptors (Lipinski definition) is 14. The zero-order valence-corrected chi connectivity index (χ0v) is 65.8. The van der Waals surface area contributed by atoms with Crippen LogP contribution in [0, 0.1) is 0 Å². The maximum absolute atomic E-state index is 12.4. The van der Waals surface area contributed by atoms with Gasteiger partial charge in [0, 0.05) is 103 Å². The summed E-state index contributed by atoms with van der Waals surface area (Å²) >= 11 is 0. The molecule has 0 aliphatic carbocycles. The topological polar surface area (TPSA) is 286 Å². The van der Waals surface area contributed by atoms with Crippen molar-refractivity contribution >= 4 is 53.3 Å². The Kier molecular flexibility index (Phi) is 46.6. The Labute approximate surface area is 654 Å². The van der Waals surface area contributed by atoms with Gasteiger partial charge in [0.1, 0.15) is 0 Å². The first kappa shape index (κ1) is 92.0. The standard InChI is InChI=1S/C23H35NO4.C23H33NO4.C22H31NO4.C22H29NO4/c2*1-28-23(27)14-7-2-3-8-17-24-20(12-9-13-22(24)26)15-16-21(25)18-19-10-5-4-6-11-19;2*24-20(17-18-9-4-3-5-10-18)15-14-19-11-8-12-21(25)23(19)16-7-2-1-6-13-22(26)27/h4-6,10-11,20-21,25H,2-3,7-9,12-18H2,1H3;4-6,10-11,15-16,20-21,25H,2-3,7-9,12-14,17-18H2,1H3;3-5,9-10,14-15,19-20,24H,1-2,6-8,11-13,16-17H2,(H,26,27);3-5,9-10,14-15,19H,1-2,6-8,11-13,16-17H2,(H,26,27). The minimum absolute atomic E-state index is 0.00927. The van der Waals surface area contributed by atoms with Gasteiger partial charge < -0.3 is 54.6 Å². The average Bonchev–Trinajstić information content (AvgIpc) is 0.871. The van der Waals surface area contributed by atoms with Crippen molar-refractivity contribution in [3.8, 4) is 0 Å². The zero-order valence-electron chi connectivity index (χ0n) is 65.8. The Morgan fingerprint density at radius 3 is 1.09 bits per heavy atom. The van der Waals surface area contributed by atoms with Gasteiger partial charge in [0.2, 0.25) is 23.6 Å². The number of amides is 4. The lowest BCUT2D eigenvalue weighted by Crippen LogP contribution is -2.44. The number of aliphatic carboxylic acids is 2. The molecular formula is C90H128N4O16. The quantitative estimate of drug-likeness (QED) is 0.0119. The van der Waals surface area contributed by atoms with Gasteiger partial charge in [0.15, 0.2) is 5.78 Å². The first-order chi connectivity index (χ1) is 53.3. The Morgan fingerprint density at radius 2 is 0.718 bits per heavy atom. The number of esters is 2.